The van der Waals surface area contributed by atoms with Crippen molar-refractivity contribution in [3.05, 3.63) is 11.6 Å². The van der Waals surface area contributed by atoms with Gasteiger partial charge in [-0.25, -0.2) is 0 Å². The summed E-state index contributed by atoms with van der Waals surface area (Å²) in [5.74, 6) is -0.0243. The summed E-state index contributed by atoms with van der Waals surface area (Å²) in [7, 11) is 0. The van der Waals surface area contributed by atoms with E-state index in [-0.39, 0.29) is 47.6 Å². The molecule has 0 aromatic heterocycles. The lowest BCUT2D eigenvalue weighted by atomic mass is 9.35. The molecule has 13 nitrogen and oxygen atoms in total. The third-order valence-electron chi connectivity index (χ3n) is 15.9. The van der Waals surface area contributed by atoms with E-state index in [1.54, 1.807) is 0 Å². The number of aliphatic hydroxyl groups is 8. The van der Waals surface area contributed by atoms with Crippen LogP contribution in [-0.2, 0) is 23.7 Å². The summed E-state index contributed by atoms with van der Waals surface area (Å²) in [5.41, 5.74) is -1.41. The van der Waals surface area contributed by atoms with Crippen LogP contribution in [0.25, 0.3) is 0 Å². The van der Waals surface area contributed by atoms with Gasteiger partial charge in [0.05, 0.1) is 24.9 Å². The van der Waals surface area contributed by atoms with Crippen molar-refractivity contribution in [3.8, 4) is 0 Å². The van der Waals surface area contributed by atoms with E-state index in [4.69, 9.17) is 18.9 Å². The van der Waals surface area contributed by atoms with Gasteiger partial charge in [-0.3, -0.25) is 4.79 Å². The van der Waals surface area contributed by atoms with Crippen molar-refractivity contribution in [1.29, 1.82) is 0 Å². The third kappa shape index (κ3) is 6.77. The average Bonchev–Trinajstić information content (AvgIpc) is 3.39. The minimum Gasteiger partial charge on any atom is -0.396 e. The van der Waals surface area contributed by atoms with Gasteiger partial charge in [0.2, 0.25) is 0 Å². The molecule has 6 fully saturated rings. The molecule has 0 radical (unpaired) electrons. The van der Waals surface area contributed by atoms with Gasteiger partial charge in [-0.1, -0.05) is 39.3 Å². The molecule has 2 saturated heterocycles. The predicted octanol–water partition coefficient (Wildman–Crippen LogP) is 1.97. The first-order valence-corrected chi connectivity index (χ1v) is 20.3. The number of carbonyl (C=O) groups is 1. The van der Waals surface area contributed by atoms with E-state index in [1.807, 2.05) is 20.8 Å². The molecule has 4 saturated carbocycles. The van der Waals surface area contributed by atoms with Crippen molar-refractivity contribution in [2.45, 2.75) is 173 Å². The summed E-state index contributed by atoms with van der Waals surface area (Å²) in [4.78, 5) is 14.0. The van der Waals surface area contributed by atoms with Gasteiger partial charge in [0, 0.05) is 24.4 Å². The molecule has 8 N–H and O–H groups in total. The summed E-state index contributed by atoms with van der Waals surface area (Å²) in [5, 5.41) is 86.3. The maximum absolute atomic E-state index is 14.0. The summed E-state index contributed by atoms with van der Waals surface area (Å²) >= 11 is 0. The Morgan fingerprint density at radius 2 is 1.56 bits per heavy atom. The van der Waals surface area contributed by atoms with Crippen LogP contribution in [0.1, 0.15) is 106 Å². The fourth-order valence-electron chi connectivity index (χ4n) is 12.9. The second-order valence-electron chi connectivity index (χ2n) is 19.4. The molecular weight excluding hydrogens is 700 g/mol. The van der Waals surface area contributed by atoms with Crippen LogP contribution in [0.2, 0.25) is 0 Å². The highest BCUT2D eigenvalue weighted by atomic mass is 16.7. The number of ether oxygens (including phenoxy) is 4. The number of ketones is 1. The van der Waals surface area contributed by atoms with Gasteiger partial charge >= 0.3 is 0 Å². The largest absolute Gasteiger partial charge is 0.396 e. The molecule has 6 aliphatic rings. The molecule has 18 atom stereocenters. The zero-order chi connectivity index (χ0) is 39.8. The molecule has 13 heteroatoms. The Morgan fingerprint density at radius 1 is 0.870 bits per heavy atom. The Balaban J connectivity index is 1.18. The van der Waals surface area contributed by atoms with Crippen LogP contribution in [0.3, 0.4) is 0 Å². The molecular formula is C41H68O13. The molecule has 54 heavy (non-hydrogen) atoms. The standard InChI is InChI=1S/C41H68O13/c1-21(2)9-8-14-40(7,50)29-22-10-11-27-38(5,39(22,6)17-23(29)44)15-12-26-37(3,4)28(13-16-41(26,27)20-43)53-36-33(49)31(47)34(25(18-42)52-36)54-35-32(48)30(46)24(45)19-51-35/h9,22,24-36,42-43,45-50H,8,10-20H2,1-7H3/t22?,24?,25?,26?,27?,28?,29?,30?,31?,32?,33?,34?,35?,36?,38-,39-,40+,41-/m1/s1. The van der Waals surface area contributed by atoms with E-state index in [2.05, 4.69) is 33.8 Å². The van der Waals surface area contributed by atoms with Crippen molar-refractivity contribution in [2.75, 3.05) is 19.8 Å². The minimum absolute atomic E-state index is 0.000298. The van der Waals surface area contributed by atoms with E-state index in [0.717, 1.165) is 32.1 Å². The van der Waals surface area contributed by atoms with Crippen molar-refractivity contribution < 1.29 is 64.6 Å². The molecule has 310 valence electrons. The van der Waals surface area contributed by atoms with E-state index in [0.29, 0.717) is 25.7 Å². The van der Waals surface area contributed by atoms with E-state index in [9.17, 15) is 45.6 Å². The molecule has 2 aliphatic heterocycles. The summed E-state index contributed by atoms with van der Waals surface area (Å²) in [6, 6.07) is 0. The number of Topliss-reactive ketones (excluding diaryl/α,β-unsaturated/α-hetero) is 1. The monoisotopic (exact) mass is 768 g/mol. The number of rotatable bonds is 10. The number of fused-ring (bicyclic) bond motifs is 5. The average molecular weight is 769 g/mol. The summed E-state index contributed by atoms with van der Waals surface area (Å²) in [6.45, 7) is 13.9. The maximum atomic E-state index is 14.0. The van der Waals surface area contributed by atoms with E-state index < -0.39 is 90.4 Å². The molecule has 0 spiro atoms. The second-order valence-corrected chi connectivity index (χ2v) is 19.4. The molecule has 0 amide bonds. The number of hydrogen-bond donors (Lipinski definition) is 8. The molecule has 0 aromatic carbocycles. The highest BCUT2D eigenvalue weighted by molar-refractivity contribution is 5.86. The molecule has 0 aromatic rings. The smallest absolute Gasteiger partial charge is 0.186 e. The zero-order valence-electron chi connectivity index (χ0n) is 33.3. The Morgan fingerprint density at radius 3 is 2.20 bits per heavy atom. The van der Waals surface area contributed by atoms with Gasteiger partial charge in [0.1, 0.15) is 48.5 Å². The number of allylic oxidation sites excluding steroid dienone is 2. The Kier molecular flexibility index (Phi) is 12.0. The van der Waals surface area contributed by atoms with Gasteiger partial charge < -0.3 is 59.8 Å². The van der Waals surface area contributed by atoms with Crippen LogP contribution >= 0.6 is 0 Å². The Hall–Kier alpha value is -1.07. The first-order chi connectivity index (χ1) is 25.2. The third-order valence-corrected chi connectivity index (χ3v) is 15.9. The molecule has 4 aliphatic carbocycles. The summed E-state index contributed by atoms with van der Waals surface area (Å²) < 4.78 is 23.6. The molecule has 0 bridgehead atoms. The van der Waals surface area contributed by atoms with Crippen LogP contribution < -0.4 is 0 Å². The fourth-order valence-corrected chi connectivity index (χ4v) is 12.9. The van der Waals surface area contributed by atoms with Crippen LogP contribution in [0.4, 0.5) is 0 Å². The zero-order valence-corrected chi connectivity index (χ0v) is 33.3. The topological polar surface area (TPSA) is 216 Å². The normalized spacial score (nSPS) is 50.0. The van der Waals surface area contributed by atoms with Gasteiger partial charge in [0.25, 0.3) is 0 Å². The number of hydrogen-bond acceptors (Lipinski definition) is 13. The predicted molar refractivity (Wildman–Crippen MR) is 195 cm³/mol. The van der Waals surface area contributed by atoms with E-state index in [1.165, 1.54) is 5.57 Å². The van der Waals surface area contributed by atoms with Crippen molar-refractivity contribution in [2.24, 2.45) is 45.3 Å². The molecule has 6 rings (SSSR count). The van der Waals surface area contributed by atoms with Crippen molar-refractivity contribution in [3.63, 3.8) is 0 Å². The lowest BCUT2D eigenvalue weighted by Crippen LogP contribution is -2.67. The SMILES string of the molecule is CC(C)=CCC[C@](C)(O)C1C(=O)C[C@]2(C)C1CCC1[C@@]3(CO)CCC(OC4OC(CO)C(OC5OCC(O)C(O)C5O)C(O)C4O)C(C)(C)C3CC[C@]12C. The van der Waals surface area contributed by atoms with Gasteiger partial charge in [-0.05, 0) is 106 Å². The lowest BCUT2D eigenvalue weighted by molar-refractivity contribution is -0.361. The number of carbonyl (C=O) groups excluding carboxylic acids is 1. The van der Waals surface area contributed by atoms with Crippen LogP contribution in [-0.4, -0.2) is 133 Å². The molecule has 2 heterocycles. The van der Waals surface area contributed by atoms with Gasteiger partial charge in [-0.2, -0.15) is 0 Å². The lowest BCUT2D eigenvalue weighted by Gasteiger charge is -2.70. The van der Waals surface area contributed by atoms with Gasteiger partial charge in [0.15, 0.2) is 12.6 Å². The van der Waals surface area contributed by atoms with Crippen molar-refractivity contribution in [1.82, 2.24) is 0 Å². The first kappa shape index (κ1) is 42.5. The summed E-state index contributed by atoms with van der Waals surface area (Å²) in [6.07, 6.45) is -5.08. The maximum Gasteiger partial charge on any atom is 0.186 e. The number of aliphatic hydroxyl groups excluding tert-OH is 7. The Labute approximate surface area is 320 Å². The van der Waals surface area contributed by atoms with Crippen molar-refractivity contribution >= 4 is 5.78 Å². The second kappa shape index (κ2) is 15.3. The highest BCUT2D eigenvalue weighted by Crippen LogP contribution is 2.75. The minimum atomic E-state index is -1.64. The quantitative estimate of drug-likeness (QED) is 0.118. The molecule has 14 unspecified atom stereocenters. The van der Waals surface area contributed by atoms with Crippen LogP contribution in [0.5, 0.6) is 0 Å². The van der Waals surface area contributed by atoms with Gasteiger partial charge in [-0.15, -0.1) is 0 Å². The van der Waals surface area contributed by atoms with Crippen LogP contribution in [0.15, 0.2) is 11.6 Å². The Bertz CT molecular complexity index is 1380. The van der Waals surface area contributed by atoms with Crippen LogP contribution in [0, 0.1) is 45.3 Å². The first-order valence-electron chi connectivity index (χ1n) is 20.3. The highest BCUT2D eigenvalue weighted by Gasteiger charge is 2.72. The van der Waals surface area contributed by atoms with E-state index >= 15 is 0 Å². The fraction of sp³-hybridized carbons (Fsp3) is 0.927.